The molecule has 7 nitrogen and oxygen atoms in total. The van der Waals surface area contributed by atoms with Crippen molar-refractivity contribution in [3.05, 3.63) is 70.3 Å². The van der Waals surface area contributed by atoms with E-state index in [4.69, 9.17) is 4.74 Å². The number of nitrogens with zero attached hydrogens (tertiary/aromatic N) is 1. The van der Waals surface area contributed by atoms with E-state index in [1.165, 1.54) is 23.9 Å². The van der Waals surface area contributed by atoms with Crippen molar-refractivity contribution in [3.8, 4) is 0 Å². The van der Waals surface area contributed by atoms with Gasteiger partial charge in [0.15, 0.2) is 6.61 Å². The fraction of sp³-hybridized carbons (Fsp3) is 0.263. The van der Waals surface area contributed by atoms with Crippen LogP contribution in [0, 0.1) is 10.1 Å². The summed E-state index contributed by atoms with van der Waals surface area (Å²) < 4.78 is 5.02. The molecule has 0 spiro atoms. The van der Waals surface area contributed by atoms with E-state index in [0.717, 1.165) is 5.56 Å². The Morgan fingerprint density at radius 3 is 2.44 bits per heavy atom. The molecule has 0 aliphatic rings. The lowest BCUT2D eigenvalue weighted by Crippen LogP contribution is -2.31. The number of non-ortho nitro benzene ring substituents is 1. The molecular weight excluding hydrogens is 368 g/mol. The SMILES string of the molecule is C[C@H](Sc1ccc([N+](=O)[O-])cc1)C(=O)OCC(=O)NCCc1ccccc1. The zero-order valence-electron chi connectivity index (χ0n) is 14.8. The lowest BCUT2D eigenvalue weighted by Gasteiger charge is -2.11. The van der Waals surface area contributed by atoms with Gasteiger partial charge in [0.2, 0.25) is 0 Å². The topological polar surface area (TPSA) is 98.5 Å². The first-order valence-corrected chi connectivity index (χ1v) is 9.22. The van der Waals surface area contributed by atoms with Crippen molar-refractivity contribution >= 4 is 29.3 Å². The molecule has 0 bridgehead atoms. The highest BCUT2D eigenvalue weighted by atomic mass is 32.2. The molecule has 0 saturated carbocycles. The number of benzene rings is 2. The second-order valence-corrected chi connectivity index (χ2v) is 7.12. The highest BCUT2D eigenvalue weighted by molar-refractivity contribution is 8.00. The molecule has 0 heterocycles. The Kier molecular flexibility index (Phi) is 7.81. The van der Waals surface area contributed by atoms with Gasteiger partial charge in [0.25, 0.3) is 11.6 Å². The molecule has 2 aromatic rings. The molecule has 0 aromatic heterocycles. The smallest absolute Gasteiger partial charge is 0.319 e. The second-order valence-electron chi connectivity index (χ2n) is 5.70. The van der Waals surface area contributed by atoms with E-state index < -0.39 is 16.1 Å². The van der Waals surface area contributed by atoms with Crippen LogP contribution in [0.1, 0.15) is 12.5 Å². The normalized spacial score (nSPS) is 11.4. The number of nitrogens with one attached hydrogen (secondary N) is 1. The van der Waals surface area contributed by atoms with Gasteiger partial charge in [-0.25, -0.2) is 0 Å². The molecular formula is C19H20N2O5S. The number of thioether (sulfide) groups is 1. The minimum atomic E-state index is -0.538. The molecule has 0 aliphatic carbocycles. The molecule has 2 aromatic carbocycles. The Hall–Kier alpha value is -2.87. The molecule has 1 amide bonds. The number of carbonyl (C=O) groups is 2. The van der Waals surface area contributed by atoms with Gasteiger partial charge >= 0.3 is 5.97 Å². The van der Waals surface area contributed by atoms with E-state index >= 15 is 0 Å². The van der Waals surface area contributed by atoms with Crippen LogP contribution in [0.15, 0.2) is 59.5 Å². The summed E-state index contributed by atoms with van der Waals surface area (Å²) in [5, 5.41) is 12.8. The lowest BCUT2D eigenvalue weighted by atomic mass is 10.1. The molecule has 0 unspecified atom stereocenters. The Bertz CT molecular complexity index is 780. The van der Waals surface area contributed by atoms with E-state index in [1.54, 1.807) is 19.1 Å². The van der Waals surface area contributed by atoms with Gasteiger partial charge in [-0.1, -0.05) is 30.3 Å². The maximum absolute atomic E-state index is 12.0. The summed E-state index contributed by atoms with van der Waals surface area (Å²) in [5.74, 6) is -0.872. The Balaban J connectivity index is 1.69. The van der Waals surface area contributed by atoms with Gasteiger partial charge in [-0.2, -0.15) is 0 Å². The number of ether oxygens (including phenoxy) is 1. The number of amides is 1. The quantitative estimate of drug-likeness (QED) is 0.307. The van der Waals surface area contributed by atoms with Crippen LogP contribution < -0.4 is 5.32 Å². The van der Waals surface area contributed by atoms with Gasteiger partial charge in [-0.15, -0.1) is 11.8 Å². The zero-order chi connectivity index (χ0) is 19.6. The van der Waals surface area contributed by atoms with Gasteiger partial charge < -0.3 is 10.1 Å². The summed E-state index contributed by atoms with van der Waals surface area (Å²) in [6.45, 7) is 1.79. The summed E-state index contributed by atoms with van der Waals surface area (Å²) >= 11 is 1.21. The predicted octanol–water partition coefficient (Wildman–Crippen LogP) is 2.98. The van der Waals surface area contributed by atoms with Crippen molar-refractivity contribution in [2.75, 3.05) is 13.2 Å². The second kappa shape index (κ2) is 10.3. The molecule has 1 atom stereocenters. The molecule has 0 saturated heterocycles. The molecule has 0 aliphatic heterocycles. The van der Waals surface area contributed by atoms with Crippen molar-refractivity contribution in [1.82, 2.24) is 5.32 Å². The largest absolute Gasteiger partial charge is 0.455 e. The average Bonchev–Trinajstić information content (AvgIpc) is 2.67. The third-order valence-electron chi connectivity index (χ3n) is 3.62. The Morgan fingerprint density at radius 2 is 1.81 bits per heavy atom. The number of esters is 1. The fourth-order valence-corrected chi connectivity index (χ4v) is 3.06. The highest BCUT2D eigenvalue weighted by Crippen LogP contribution is 2.25. The molecule has 0 fully saturated rings. The van der Waals surface area contributed by atoms with Crippen LogP contribution in [-0.2, 0) is 20.7 Å². The number of rotatable bonds is 9. The average molecular weight is 388 g/mol. The summed E-state index contributed by atoms with van der Waals surface area (Å²) in [5.41, 5.74) is 1.10. The monoisotopic (exact) mass is 388 g/mol. The Labute approximate surface area is 161 Å². The van der Waals surface area contributed by atoms with Crippen LogP contribution in [0.2, 0.25) is 0 Å². The maximum Gasteiger partial charge on any atom is 0.319 e. The van der Waals surface area contributed by atoms with Gasteiger partial charge in [0.05, 0.1) is 4.92 Å². The van der Waals surface area contributed by atoms with Crippen molar-refractivity contribution in [2.24, 2.45) is 0 Å². The minimum absolute atomic E-state index is 0.0123. The van der Waals surface area contributed by atoms with Crippen molar-refractivity contribution in [3.63, 3.8) is 0 Å². The van der Waals surface area contributed by atoms with Crippen LogP contribution in [0.25, 0.3) is 0 Å². The number of nitro benzene ring substituents is 1. The summed E-state index contributed by atoms with van der Waals surface area (Å²) in [4.78, 5) is 34.6. The van der Waals surface area contributed by atoms with Crippen LogP contribution in [0.4, 0.5) is 5.69 Å². The van der Waals surface area contributed by atoms with E-state index in [-0.39, 0.29) is 18.2 Å². The standard InChI is InChI=1S/C19H20N2O5S/c1-14(27-17-9-7-16(8-10-17)21(24)25)19(23)26-13-18(22)20-12-11-15-5-3-2-4-6-15/h2-10,14H,11-13H2,1H3,(H,20,22)/t14-/m0/s1. The molecule has 0 radical (unpaired) electrons. The first kappa shape index (κ1) is 20.4. The van der Waals surface area contributed by atoms with Crippen LogP contribution in [-0.4, -0.2) is 35.2 Å². The number of hydrogen-bond donors (Lipinski definition) is 1. The molecule has 27 heavy (non-hydrogen) atoms. The maximum atomic E-state index is 12.0. The third-order valence-corrected chi connectivity index (χ3v) is 4.71. The predicted molar refractivity (Wildman–Crippen MR) is 103 cm³/mol. The van der Waals surface area contributed by atoms with Gasteiger partial charge in [0, 0.05) is 23.6 Å². The molecule has 8 heteroatoms. The molecule has 142 valence electrons. The molecule has 2 rings (SSSR count). The zero-order valence-corrected chi connectivity index (χ0v) is 15.6. The first-order chi connectivity index (χ1) is 13.0. The fourth-order valence-electron chi connectivity index (χ4n) is 2.19. The summed E-state index contributed by atoms with van der Waals surface area (Å²) in [6.07, 6.45) is 0.701. The number of hydrogen-bond acceptors (Lipinski definition) is 6. The van der Waals surface area contributed by atoms with E-state index in [1.807, 2.05) is 30.3 Å². The van der Waals surface area contributed by atoms with Crippen molar-refractivity contribution < 1.29 is 19.2 Å². The van der Waals surface area contributed by atoms with E-state index in [9.17, 15) is 19.7 Å². The van der Waals surface area contributed by atoms with Crippen LogP contribution in [0.3, 0.4) is 0 Å². The van der Waals surface area contributed by atoms with Crippen LogP contribution >= 0.6 is 11.8 Å². The molecule has 1 N–H and O–H groups in total. The van der Waals surface area contributed by atoms with Crippen molar-refractivity contribution in [2.45, 2.75) is 23.5 Å². The Morgan fingerprint density at radius 1 is 1.15 bits per heavy atom. The van der Waals surface area contributed by atoms with E-state index in [0.29, 0.717) is 17.9 Å². The third kappa shape index (κ3) is 7.10. The van der Waals surface area contributed by atoms with Crippen LogP contribution in [0.5, 0.6) is 0 Å². The van der Waals surface area contributed by atoms with Gasteiger partial charge in [0.1, 0.15) is 5.25 Å². The van der Waals surface area contributed by atoms with Crippen molar-refractivity contribution in [1.29, 1.82) is 0 Å². The first-order valence-electron chi connectivity index (χ1n) is 8.34. The minimum Gasteiger partial charge on any atom is -0.455 e. The van der Waals surface area contributed by atoms with Gasteiger partial charge in [-0.05, 0) is 31.0 Å². The van der Waals surface area contributed by atoms with Gasteiger partial charge in [-0.3, -0.25) is 19.7 Å². The van der Waals surface area contributed by atoms with E-state index in [2.05, 4.69) is 5.32 Å². The highest BCUT2D eigenvalue weighted by Gasteiger charge is 2.18. The summed E-state index contributed by atoms with van der Waals surface area (Å²) in [7, 11) is 0. The number of carbonyl (C=O) groups excluding carboxylic acids is 2. The number of nitro groups is 1. The lowest BCUT2D eigenvalue weighted by molar-refractivity contribution is -0.384. The summed E-state index contributed by atoms with van der Waals surface area (Å²) in [6, 6.07) is 15.6.